The predicted octanol–water partition coefficient (Wildman–Crippen LogP) is 4.17. The number of rotatable bonds is 5. The fraction of sp³-hybridized carbons (Fsp3) is 0.269. The van der Waals surface area contributed by atoms with Gasteiger partial charge in [-0.15, -0.1) is 6.42 Å². The number of benzene rings is 2. The smallest absolute Gasteiger partial charge is 0.159 e. The molecule has 2 N–H and O–H groups in total. The first-order chi connectivity index (χ1) is 16.1. The first kappa shape index (κ1) is 21.1. The number of terminal acetylenes is 1. The number of aliphatic hydroxyl groups excluding tert-OH is 1. The van der Waals surface area contributed by atoms with Crippen molar-refractivity contribution in [3.63, 3.8) is 0 Å². The molecule has 1 unspecified atom stereocenters. The van der Waals surface area contributed by atoms with E-state index in [1.54, 1.807) is 25.6 Å². The highest BCUT2D eigenvalue weighted by molar-refractivity contribution is 5.77. The van der Waals surface area contributed by atoms with Crippen LogP contribution in [-0.4, -0.2) is 43.1 Å². The van der Waals surface area contributed by atoms with Gasteiger partial charge in [0.05, 0.1) is 30.2 Å². The Labute approximate surface area is 192 Å². The Morgan fingerprint density at radius 3 is 2.76 bits per heavy atom. The number of nitrogens with one attached hydrogen (secondary N) is 1. The zero-order valence-corrected chi connectivity index (χ0v) is 18.6. The molecule has 5 rings (SSSR count). The highest BCUT2D eigenvalue weighted by Gasteiger charge is 2.40. The summed E-state index contributed by atoms with van der Waals surface area (Å²) in [5.41, 5.74) is 4.28. The molecule has 1 fully saturated rings. The molecule has 3 heterocycles. The number of aromatic nitrogens is 4. The molecule has 0 aliphatic carbocycles. The molecule has 1 aliphatic rings. The maximum absolute atomic E-state index is 11.7. The van der Waals surface area contributed by atoms with Crippen molar-refractivity contribution in [2.75, 3.05) is 7.11 Å². The molecule has 1 aliphatic heterocycles. The molecular weight excluding hydrogens is 414 g/mol. The quantitative estimate of drug-likeness (QED) is 0.454. The predicted molar refractivity (Wildman–Crippen MR) is 126 cm³/mol. The van der Waals surface area contributed by atoms with Gasteiger partial charge >= 0.3 is 0 Å². The number of aliphatic hydroxyl groups is 1. The van der Waals surface area contributed by atoms with Crippen LogP contribution in [0.25, 0.3) is 22.4 Å². The van der Waals surface area contributed by atoms with Gasteiger partial charge in [0.15, 0.2) is 5.82 Å². The zero-order valence-electron chi connectivity index (χ0n) is 18.6. The van der Waals surface area contributed by atoms with Gasteiger partial charge in [-0.2, -0.15) is 0 Å². The molecule has 3 atom stereocenters. The molecule has 0 bridgehead atoms. The number of methoxy groups -OCH3 is 1. The minimum absolute atomic E-state index is 0.163. The van der Waals surface area contributed by atoms with E-state index in [4.69, 9.17) is 16.1 Å². The second-order valence-corrected chi connectivity index (χ2v) is 8.26. The van der Waals surface area contributed by atoms with Gasteiger partial charge in [0.1, 0.15) is 17.8 Å². The SMILES string of the molecule is C#C[C@@H]1CC[C@@H](c2nc3cc(OC)ccc3[nH]2)N1C(O)c1cc(C)ccc1-c1ncccn1. The zero-order chi connectivity index (χ0) is 22.9. The van der Waals surface area contributed by atoms with Crippen LogP contribution in [0.5, 0.6) is 5.75 Å². The third-order valence-corrected chi connectivity index (χ3v) is 6.22. The average molecular weight is 440 g/mol. The van der Waals surface area contributed by atoms with Crippen LogP contribution in [0.3, 0.4) is 0 Å². The number of nitrogens with zero attached hydrogens (tertiary/aromatic N) is 4. The van der Waals surface area contributed by atoms with Crippen molar-refractivity contribution in [2.24, 2.45) is 0 Å². The third kappa shape index (κ3) is 3.84. The van der Waals surface area contributed by atoms with Crippen molar-refractivity contribution in [2.45, 2.75) is 38.1 Å². The molecule has 166 valence electrons. The standard InChI is InChI=1S/C26H25N5O2/c1-4-17-7-11-23(25-29-21-10-8-18(33-3)15-22(21)30-25)31(17)26(32)20-14-16(2)6-9-19(20)24-27-12-5-13-28-24/h1,5-6,8-10,12-15,17,23,26,32H,7,11H2,2-3H3,(H,29,30)/t17-,23+,26?/m1/s1. The molecule has 2 aromatic carbocycles. The van der Waals surface area contributed by atoms with E-state index in [-0.39, 0.29) is 12.1 Å². The van der Waals surface area contributed by atoms with Crippen LogP contribution in [0.2, 0.25) is 0 Å². The molecular formula is C26H25N5O2. The van der Waals surface area contributed by atoms with Gasteiger partial charge in [0.25, 0.3) is 0 Å². The summed E-state index contributed by atoms with van der Waals surface area (Å²) < 4.78 is 5.33. The fourth-order valence-corrected chi connectivity index (χ4v) is 4.61. The lowest BCUT2D eigenvalue weighted by Gasteiger charge is -2.32. The van der Waals surface area contributed by atoms with Crippen molar-refractivity contribution >= 4 is 11.0 Å². The van der Waals surface area contributed by atoms with Crippen LogP contribution in [-0.2, 0) is 0 Å². The van der Waals surface area contributed by atoms with Crippen LogP contribution in [0, 0.1) is 19.3 Å². The molecule has 2 aromatic heterocycles. The number of aromatic amines is 1. The van der Waals surface area contributed by atoms with Gasteiger partial charge in [0, 0.05) is 29.6 Å². The van der Waals surface area contributed by atoms with Crippen molar-refractivity contribution in [3.05, 3.63) is 71.8 Å². The Kier molecular flexibility index (Phi) is 5.55. The Morgan fingerprint density at radius 2 is 2.00 bits per heavy atom. The summed E-state index contributed by atoms with van der Waals surface area (Å²) in [6.07, 6.45) is 9.90. The lowest BCUT2D eigenvalue weighted by molar-refractivity contribution is -0.0229. The van der Waals surface area contributed by atoms with Gasteiger partial charge < -0.3 is 14.8 Å². The van der Waals surface area contributed by atoms with Gasteiger partial charge in [-0.25, -0.2) is 15.0 Å². The van der Waals surface area contributed by atoms with E-state index in [1.807, 2.05) is 48.2 Å². The lowest BCUT2D eigenvalue weighted by Crippen LogP contribution is -2.35. The van der Waals surface area contributed by atoms with Crippen LogP contribution in [0.4, 0.5) is 0 Å². The maximum atomic E-state index is 11.7. The molecule has 1 saturated heterocycles. The number of hydrogen-bond acceptors (Lipinski definition) is 6. The largest absolute Gasteiger partial charge is 0.497 e. The van der Waals surface area contributed by atoms with E-state index in [0.717, 1.165) is 52.1 Å². The number of ether oxygens (including phenoxy) is 1. The van der Waals surface area contributed by atoms with E-state index in [0.29, 0.717) is 5.82 Å². The number of fused-ring (bicyclic) bond motifs is 1. The topological polar surface area (TPSA) is 87.2 Å². The highest BCUT2D eigenvalue weighted by atomic mass is 16.5. The fourth-order valence-electron chi connectivity index (χ4n) is 4.61. The van der Waals surface area contributed by atoms with Crippen molar-refractivity contribution in [1.82, 2.24) is 24.8 Å². The maximum Gasteiger partial charge on any atom is 0.159 e. The van der Waals surface area contributed by atoms with E-state index in [1.165, 1.54) is 0 Å². The summed E-state index contributed by atoms with van der Waals surface area (Å²) in [6, 6.07) is 13.1. The Morgan fingerprint density at radius 1 is 1.18 bits per heavy atom. The average Bonchev–Trinajstić information content (AvgIpc) is 3.47. The number of aryl methyl sites for hydroxylation is 1. The van der Waals surface area contributed by atoms with Gasteiger partial charge in [-0.05, 0) is 38.0 Å². The Hall–Kier alpha value is -3.73. The summed E-state index contributed by atoms with van der Waals surface area (Å²) >= 11 is 0. The van der Waals surface area contributed by atoms with E-state index in [9.17, 15) is 5.11 Å². The minimum Gasteiger partial charge on any atom is -0.497 e. The molecule has 0 spiro atoms. The molecule has 7 nitrogen and oxygen atoms in total. The summed E-state index contributed by atoms with van der Waals surface area (Å²) in [7, 11) is 1.64. The summed E-state index contributed by atoms with van der Waals surface area (Å²) in [6.45, 7) is 2.00. The Bertz CT molecular complexity index is 1330. The van der Waals surface area contributed by atoms with Crippen LogP contribution in [0.15, 0.2) is 54.9 Å². The third-order valence-electron chi connectivity index (χ3n) is 6.22. The van der Waals surface area contributed by atoms with Gasteiger partial charge in [0.2, 0.25) is 0 Å². The molecule has 0 saturated carbocycles. The van der Waals surface area contributed by atoms with Crippen molar-refractivity contribution in [1.29, 1.82) is 0 Å². The van der Waals surface area contributed by atoms with E-state index in [2.05, 4.69) is 20.9 Å². The molecule has 33 heavy (non-hydrogen) atoms. The molecule has 7 heteroatoms. The minimum atomic E-state index is -0.944. The normalized spacial score (nSPS) is 19.5. The van der Waals surface area contributed by atoms with Crippen LogP contribution >= 0.6 is 0 Å². The summed E-state index contributed by atoms with van der Waals surface area (Å²) in [5.74, 6) is 4.95. The Balaban J connectivity index is 1.57. The van der Waals surface area contributed by atoms with E-state index >= 15 is 0 Å². The van der Waals surface area contributed by atoms with Gasteiger partial charge in [-0.3, -0.25) is 4.90 Å². The monoisotopic (exact) mass is 439 g/mol. The second-order valence-electron chi connectivity index (χ2n) is 8.26. The molecule has 0 amide bonds. The first-order valence-electron chi connectivity index (χ1n) is 10.9. The van der Waals surface area contributed by atoms with Crippen LogP contribution in [0.1, 0.15) is 42.1 Å². The number of likely N-dealkylation sites (tertiary alicyclic amines) is 1. The van der Waals surface area contributed by atoms with Gasteiger partial charge in [-0.1, -0.05) is 29.7 Å². The number of H-pyrrole nitrogens is 1. The van der Waals surface area contributed by atoms with Crippen molar-refractivity contribution < 1.29 is 9.84 Å². The van der Waals surface area contributed by atoms with E-state index < -0.39 is 6.23 Å². The highest BCUT2D eigenvalue weighted by Crippen LogP contribution is 2.42. The number of hydrogen-bond donors (Lipinski definition) is 2. The lowest BCUT2D eigenvalue weighted by atomic mass is 10.0. The van der Waals surface area contributed by atoms with Crippen LogP contribution < -0.4 is 4.74 Å². The molecule has 0 radical (unpaired) electrons. The summed E-state index contributed by atoms with van der Waals surface area (Å²) in [5, 5.41) is 11.7. The molecule has 4 aromatic rings. The first-order valence-corrected chi connectivity index (χ1v) is 10.9. The van der Waals surface area contributed by atoms with Crippen molar-refractivity contribution in [3.8, 4) is 29.5 Å². The summed E-state index contributed by atoms with van der Waals surface area (Å²) in [4.78, 5) is 19.0. The number of imidazole rings is 1. The second kappa shape index (κ2) is 8.66.